The van der Waals surface area contributed by atoms with Gasteiger partial charge in [0.1, 0.15) is 5.83 Å². The van der Waals surface area contributed by atoms with Gasteiger partial charge in [-0.3, -0.25) is 0 Å². The molecule has 0 amide bonds. The van der Waals surface area contributed by atoms with E-state index in [4.69, 9.17) is 0 Å². The van der Waals surface area contributed by atoms with E-state index >= 15 is 0 Å². The summed E-state index contributed by atoms with van der Waals surface area (Å²) in [5, 5.41) is 10.6. The van der Waals surface area contributed by atoms with Gasteiger partial charge >= 0.3 is 0 Å². The molecule has 2 rings (SSSR count). The first-order valence-electron chi connectivity index (χ1n) is 7.41. The first-order valence-corrected chi connectivity index (χ1v) is 8.20. The van der Waals surface area contributed by atoms with E-state index in [1.54, 1.807) is 6.92 Å². The topological polar surface area (TPSA) is 20.2 Å². The number of aryl methyl sites for hydroxylation is 1. The molecule has 3 heteroatoms. The van der Waals surface area contributed by atoms with Gasteiger partial charge in [-0.2, -0.15) is 0 Å². The van der Waals surface area contributed by atoms with Gasteiger partial charge in [0.15, 0.2) is 0 Å². The van der Waals surface area contributed by atoms with Gasteiger partial charge in [0, 0.05) is 10.4 Å². The van der Waals surface area contributed by atoms with Crippen LogP contribution >= 0.6 is 15.9 Å². The minimum Gasteiger partial charge on any atom is -0.388 e. The number of benzene rings is 2. The molecular formula is C19H20BrFO. The van der Waals surface area contributed by atoms with E-state index in [0.29, 0.717) is 6.42 Å². The number of allylic oxidation sites excluding steroid dienone is 1. The summed E-state index contributed by atoms with van der Waals surface area (Å²) in [5.41, 5.74) is 1.89. The number of hydrogen-bond donors (Lipinski definition) is 1. The first-order chi connectivity index (χ1) is 10.6. The standard InChI is InChI=1S/C19H20BrFO/c1-2-18(21)17(13-8-14-6-4-3-5-7-14)19(22)15-9-11-16(20)12-10-15/h2-7,9-12,17,19,22H,8,13H2,1H3/b18-2-/t17-,19+/m1/s1. The van der Waals surface area contributed by atoms with Gasteiger partial charge in [0.25, 0.3) is 0 Å². The predicted octanol–water partition coefficient (Wildman–Crippen LogP) is 5.60. The summed E-state index contributed by atoms with van der Waals surface area (Å²) < 4.78 is 15.1. The quantitative estimate of drug-likeness (QED) is 0.708. The molecule has 0 bridgehead atoms. The van der Waals surface area contributed by atoms with Crippen molar-refractivity contribution >= 4 is 15.9 Å². The average molecular weight is 363 g/mol. The Labute approximate surface area is 139 Å². The summed E-state index contributed by atoms with van der Waals surface area (Å²) >= 11 is 3.37. The Hall–Kier alpha value is -1.45. The molecule has 0 aliphatic rings. The zero-order valence-corrected chi connectivity index (χ0v) is 14.1. The molecule has 2 aromatic rings. The molecule has 0 aromatic heterocycles. The van der Waals surface area contributed by atoms with E-state index < -0.39 is 12.0 Å². The Bertz CT molecular complexity index is 607. The Morgan fingerprint density at radius 3 is 2.36 bits per heavy atom. The molecule has 0 aliphatic heterocycles. The van der Waals surface area contributed by atoms with Crippen LogP contribution in [0, 0.1) is 5.92 Å². The minimum absolute atomic E-state index is 0.258. The van der Waals surface area contributed by atoms with Crippen molar-refractivity contribution in [1.29, 1.82) is 0 Å². The normalized spacial score (nSPS) is 14.6. The fraction of sp³-hybridized carbons (Fsp3) is 0.263. The molecule has 2 aromatic carbocycles. The highest BCUT2D eigenvalue weighted by Crippen LogP contribution is 2.33. The van der Waals surface area contributed by atoms with Crippen LogP contribution in [0.5, 0.6) is 0 Å². The summed E-state index contributed by atoms with van der Waals surface area (Å²) in [7, 11) is 0. The van der Waals surface area contributed by atoms with Gasteiger partial charge in [0.2, 0.25) is 0 Å². The molecule has 0 saturated heterocycles. The summed E-state index contributed by atoms with van der Waals surface area (Å²) in [6, 6.07) is 17.3. The molecule has 0 aliphatic carbocycles. The van der Waals surface area contributed by atoms with Crippen molar-refractivity contribution in [1.82, 2.24) is 0 Å². The lowest BCUT2D eigenvalue weighted by Gasteiger charge is -2.22. The second kappa shape index (κ2) is 8.25. The largest absolute Gasteiger partial charge is 0.388 e. The van der Waals surface area contributed by atoms with E-state index in [2.05, 4.69) is 15.9 Å². The van der Waals surface area contributed by atoms with Gasteiger partial charge < -0.3 is 5.11 Å². The lowest BCUT2D eigenvalue weighted by atomic mass is 9.89. The van der Waals surface area contributed by atoms with Crippen LogP contribution in [0.15, 0.2) is 71.0 Å². The monoisotopic (exact) mass is 362 g/mol. The molecule has 0 spiro atoms. The van der Waals surface area contributed by atoms with Crippen LogP contribution in [0.3, 0.4) is 0 Å². The Morgan fingerprint density at radius 2 is 1.77 bits per heavy atom. The lowest BCUT2D eigenvalue weighted by Crippen LogP contribution is -2.14. The average Bonchev–Trinajstić information content (AvgIpc) is 2.56. The highest BCUT2D eigenvalue weighted by atomic mass is 79.9. The van der Waals surface area contributed by atoms with E-state index in [0.717, 1.165) is 22.0 Å². The maximum Gasteiger partial charge on any atom is 0.102 e. The first kappa shape index (κ1) is 16.9. The summed E-state index contributed by atoms with van der Waals surface area (Å²) in [6.45, 7) is 1.67. The molecule has 22 heavy (non-hydrogen) atoms. The molecule has 1 nitrogen and oxygen atoms in total. The van der Waals surface area contributed by atoms with E-state index in [1.165, 1.54) is 6.08 Å². The van der Waals surface area contributed by atoms with Crippen molar-refractivity contribution in [3.63, 3.8) is 0 Å². The number of halogens is 2. The van der Waals surface area contributed by atoms with Crippen LogP contribution in [-0.4, -0.2) is 5.11 Å². The van der Waals surface area contributed by atoms with E-state index in [-0.39, 0.29) is 5.83 Å². The third kappa shape index (κ3) is 4.52. The van der Waals surface area contributed by atoms with Crippen molar-refractivity contribution in [2.24, 2.45) is 5.92 Å². The third-order valence-electron chi connectivity index (χ3n) is 3.81. The molecular weight excluding hydrogens is 343 g/mol. The molecule has 1 N–H and O–H groups in total. The third-order valence-corrected chi connectivity index (χ3v) is 4.34. The zero-order chi connectivity index (χ0) is 15.9. The predicted molar refractivity (Wildman–Crippen MR) is 92.2 cm³/mol. The zero-order valence-electron chi connectivity index (χ0n) is 12.5. The minimum atomic E-state index is -0.840. The number of aliphatic hydroxyl groups excluding tert-OH is 1. The Kier molecular flexibility index (Phi) is 6.34. The second-order valence-electron chi connectivity index (χ2n) is 5.30. The van der Waals surface area contributed by atoms with Crippen molar-refractivity contribution < 1.29 is 9.50 Å². The SMILES string of the molecule is C/C=C(\F)[C@@H](CCc1ccccc1)[C@@H](O)c1ccc(Br)cc1. The molecule has 0 saturated carbocycles. The number of rotatable bonds is 6. The molecule has 0 fully saturated rings. The van der Waals surface area contributed by atoms with Crippen LogP contribution in [0.25, 0.3) is 0 Å². The van der Waals surface area contributed by atoms with Crippen LogP contribution in [-0.2, 0) is 6.42 Å². The highest BCUT2D eigenvalue weighted by Gasteiger charge is 2.24. The maximum atomic E-state index is 14.2. The van der Waals surface area contributed by atoms with Gasteiger partial charge in [-0.1, -0.05) is 64.5 Å². The van der Waals surface area contributed by atoms with E-state index in [9.17, 15) is 9.50 Å². The molecule has 0 heterocycles. The fourth-order valence-corrected chi connectivity index (χ4v) is 2.78. The van der Waals surface area contributed by atoms with Crippen LogP contribution < -0.4 is 0 Å². The fourth-order valence-electron chi connectivity index (χ4n) is 2.52. The van der Waals surface area contributed by atoms with Gasteiger partial charge in [-0.15, -0.1) is 0 Å². The summed E-state index contributed by atoms with van der Waals surface area (Å²) in [4.78, 5) is 0. The van der Waals surface area contributed by atoms with Crippen molar-refractivity contribution in [3.8, 4) is 0 Å². The van der Waals surface area contributed by atoms with Crippen molar-refractivity contribution in [3.05, 3.63) is 82.1 Å². The van der Waals surface area contributed by atoms with Crippen molar-refractivity contribution in [2.45, 2.75) is 25.9 Å². The lowest BCUT2D eigenvalue weighted by molar-refractivity contribution is 0.109. The van der Waals surface area contributed by atoms with Crippen LogP contribution in [0.4, 0.5) is 4.39 Å². The number of hydrogen-bond acceptors (Lipinski definition) is 1. The Morgan fingerprint density at radius 1 is 1.14 bits per heavy atom. The number of aliphatic hydroxyl groups is 1. The van der Waals surface area contributed by atoms with Crippen molar-refractivity contribution in [2.75, 3.05) is 0 Å². The highest BCUT2D eigenvalue weighted by molar-refractivity contribution is 9.10. The van der Waals surface area contributed by atoms with E-state index in [1.807, 2.05) is 54.6 Å². The Balaban J connectivity index is 2.13. The van der Waals surface area contributed by atoms with Gasteiger partial charge in [-0.05, 0) is 43.0 Å². The van der Waals surface area contributed by atoms with Crippen LogP contribution in [0.1, 0.15) is 30.6 Å². The summed E-state index contributed by atoms with van der Waals surface area (Å²) in [6.07, 6.45) is 1.91. The maximum absolute atomic E-state index is 14.2. The molecule has 2 atom stereocenters. The van der Waals surface area contributed by atoms with Crippen LogP contribution in [0.2, 0.25) is 0 Å². The van der Waals surface area contributed by atoms with Gasteiger partial charge in [-0.25, -0.2) is 4.39 Å². The van der Waals surface area contributed by atoms with Gasteiger partial charge in [0.05, 0.1) is 6.10 Å². The smallest absolute Gasteiger partial charge is 0.102 e. The summed E-state index contributed by atoms with van der Waals surface area (Å²) in [5.74, 6) is -0.780. The molecule has 116 valence electrons. The molecule has 0 unspecified atom stereocenters. The second-order valence-corrected chi connectivity index (χ2v) is 6.22. The molecule has 0 radical (unpaired) electrons.